The average Bonchev–Trinajstić information content (AvgIpc) is 3.01. The molecule has 7 nitrogen and oxygen atoms in total. The zero-order chi connectivity index (χ0) is 15.6. The minimum absolute atomic E-state index is 0.0158. The van der Waals surface area contributed by atoms with Crippen LogP contribution in [0.25, 0.3) is 0 Å². The van der Waals surface area contributed by atoms with E-state index < -0.39 is 10.2 Å². The maximum Gasteiger partial charge on any atom is 0.282 e. The molecular weight excluding hydrogens is 304 g/mol. The van der Waals surface area contributed by atoms with Gasteiger partial charge in [-0.1, -0.05) is 0 Å². The third-order valence-electron chi connectivity index (χ3n) is 4.46. The van der Waals surface area contributed by atoms with Crippen molar-refractivity contribution in [1.82, 2.24) is 18.2 Å². The van der Waals surface area contributed by atoms with Crippen molar-refractivity contribution in [2.24, 2.45) is 0 Å². The molecule has 0 N–H and O–H groups in total. The quantitative estimate of drug-likeness (QED) is 0.813. The third-order valence-corrected chi connectivity index (χ3v) is 6.55. The summed E-state index contributed by atoms with van der Waals surface area (Å²) in [6.45, 7) is 5.36. The number of hydrogen-bond acceptors (Lipinski definition) is 4. The van der Waals surface area contributed by atoms with Gasteiger partial charge in [0.1, 0.15) is 5.82 Å². The van der Waals surface area contributed by atoms with Crippen LogP contribution in [0.3, 0.4) is 0 Å². The van der Waals surface area contributed by atoms with Crippen molar-refractivity contribution in [3.63, 3.8) is 0 Å². The van der Waals surface area contributed by atoms with Crippen molar-refractivity contribution in [3.05, 3.63) is 18.2 Å². The molecule has 1 aromatic rings. The first kappa shape index (κ1) is 15.9. The maximum atomic E-state index is 12.9. The number of aryl methyl sites for hydroxylation is 1. The molecule has 22 heavy (non-hydrogen) atoms. The van der Waals surface area contributed by atoms with Crippen molar-refractivity contribution in [3.8, 4) is 0 Å². The molecule has 1 aromatic heterocycles. The third kappa shape index (κ3) is 3.19. The van der Waals surface area contributed by atoms with Gasteiger partial charge in [0.05, 0.1) is 6.61 Å². The number of ether oxygens (including phenoxy) is 1. The van der Waals surface area contributed by atoms with Crippen LogP contribution in [-0.2, 0) is 21.5 Å². The maximum absolute atomic E-state index is 12.9. The van der Waals surface area contributed by atoms with E-state index >= 15 is 0 Å². The summed E-state index contributed by atoms with van der Waals surface area (Å²) in [6.07, 6.45) is 6.26. The van der Waals surface area contributed by atoms with Gasteiger partial charge in [0.2, 0.25) is 0 Å². The SMILES string of the molecule is Cc1nccn1CC1CCCN1S(=O)(=O)N1CCCOCC1. The van der Waals surface area contributed by atoms with E-state index in [1.165, 1.54) is 0 Å². The van der Waals surface area contributed by atoms with Crippen LogP contribution in [0.4, 0.5) is 0 Å². The molecule has 124 valence electrons. The smallest absolute Gasteiger partial charge is 0.282 e. The summed E-state index contributed by atoms with van der Waals surface area (Å²) < 4.78 is 36.5. The molecule has 0 bridgehead atoms. The molecule has 0 spiro atoms. The largest absolute Gasteiger partial charge is 0.380 e. The number of rotatable bonds is 4. The van der Waals surface area contributed by atoms with Crippen LogP contribution in [0.2, 0.25) is 0 Å². The number of aromatic nitrogens is 2. The number of nitrogens with zero attached hydrogens (tertiary/aromatic N) is 4. The second-order valence-corrected chi connectivity index (χ2v) is 7.79. The highest BCUT2D eigenvalue weighted by molar-refractivity contribution is 7.86. The van der Waals surface area contributed by atoms with Crippen LogP contribution in [-0.4, -0.2) is 65.5 Å². The van der Waals surface area contributed by atoms with Gasteiger partial charge in [0, 0.05) is 51.2 Å². The first-order valence-electron chi connectivity index (χ1n) is 7.91. The van der Waals surface area contributed by atoms with Crippen LogP contribution in [0.15, 0.2) is 12.4 Å². The highest BCUT2D eigenvalue weighted by Gasteiger charge is 2.38. The van der Waals surface area contributed by atoms with Gasteiger partial charge in [-0.05, 0) is 26.2 Å². The van der Waals surface area contributed by atoms with Crippen LogP contribution in [0.5, 0.6) is 0 Å². The molecule has 0 aromatic carbocycles. The zero-order valence-corrected chi connectivity index (χ0v) is 13.8. The van der Waals surface area contributed by atoms with Crippen molar-refractivity contribution in [2.45, 2.75) is 38.8 Å². The van der Waals surface area contributed by atoms with Crippen molar-refractivity contribution in [1.29, 1.82) is 0 Å². The fourth-order valence-corrected chi connectivity index (χ4v) is 5.09. The molecular formula is C14H24N4O3S. The lowest BCUT2D eigenvalue weighted by Crippen LogP contribution is -2.47. The Kier molecular flexibility index (Phi) is 4.82. The fourth-order valence-electron chi connectivity index (χ4n) is 3.22. The second kappa shape index (κ2) is 6.66. The van der Waals surface area contributed by atoms with Crippen LogP contribution < -0.4 is 0 Å². The highest BCUT2D eigenvalue weighted by atomic mass is 32.2. The Balaban J connectivity index is 1.75. The number of imidazole rings is 1. The van der Waals surface area contributed by atoms with Crippen LogP contribution in [0.1, 0.15) is 25.1 Å². The van der Waals surface area contributed by atoms with E-state index in [9.17, 15) is 8.42 Å². The molecule has 2 saturated heterocycles. The normalized spacial score (nSPS) is 25.4. The lowest BCUT2D eigenvalue weighted by atomic mass is 10.2. The molecule has 8 heteroatoms. The monoisotopic (exact) mass is 328 g/mol. The molecule has 1 unspecified atom stereocenters. The summed E-state index contributed by atoms with van der Waals surface area (Å²) in [5.41, 5.74) is 0. The van der Waals surface area contributed by atoms with E-state index in [-0.39, 0.29) is 6.04 Å². The minimum Gasteiger partial charge on any atom is -0.380 e. The van der Waals surface area contributed by atoms with Gasteiger partial charge in [-0.3, -0.25) is 0 Å². The van der Waals surface area contributed by atoms with Gasteiger partial charge < -0.3 is 9.30 Å². The van der Waals surface area contributed by atoms with Gasteiger partial charge >= 0.3 is 0 Å². The Labute approximate surface area is 132 Å². The Hall–Kier alpha value is -0.960. The van der Waals surface area contributed by atoms with E-state index in [4.69, 9.17) is 4.74 Å². The Morgan fingerprint density at radius 1 is 1.27 bits per heavy atom. The molecule has 1 atom stereocenters. The predicted molar refractivity (Wildman–Crippen MR) is 82.6 cm³/mol. The summed E-state index contributed by atoms with van der Waals surface area (Å²) in [5.74, 6) is 0.924. The first-order valence-corrected chi connectivity index (χ1v) is 9.31. The predicted octanol–water partition coefficient (Wildman–Crippen LogP) is 0.623. The van der Waals surface area contributed by atoms with Gasteiger partial charge in [0.25, 0.3) is 10.2 Å². The van der Waals surface area contributed by atoms with Crippen LogP contribution in [0, 0.1) is 6.92 Å². The number of hydrogen-bond donors (Lipinski definition) is 0. The molecule has 2 fully saturated rings. The molecule has 0 amide bonds. The summed E-state index contributed by atoms with van der Waals surface area (Å²) in [7, 11) is -3.40. The lowest BCUT2D eigenvalue weighted by Gasteiger charge is -2.30. The van der Waals surface area contributed by atoms with Crippen molar-refractivity contribution >= 4 is 10.2 Å². The van der Waals surface area contributed by atoms with E-state index in [0.29, 0.717) is 39.4 Å². The lowest BCUT2D eigenvalue weighted by molar-refractivity contribution is 0.147. The minimum atomic E-state index is -3.40. The van der Waals surface area contributed by atoms with Crippen molar-refractivity contribution in [2.75, 3.05) is 32.8 Å². The zero-order valence-electron chi connectivity index (χ0n) is 13.0. The average molecular weight is 328 g/mol. The highest BCUT2D eigenvalue weighted by Crippen LogP contribution is 2.25. The van der Waals surface area contributed by atoms with Gasteiger partial charge in [0.15, 0.2) is 0 Å². The summed E-state index contributed by atoms with van der Waals surface area (Å²) in [4.78, 5) is 4.22. The van der Waals surface area contributed by atoms with Crippen LogP contribution >= 0.6 is 0 Å². The molecule has 3 rings (SSSR count). The van der Waals surface area contributed by atoms with E-state index in [1.807, 2.05) is 17.7 Å². The van der Waals surface area contributed by atoms with E-state index in [1.54, 1.807) is 14.8 Å². The molecule has 0 aliphatic carbocycles. The Morgan fingerprint density at radius 3 is 2.91 bits per heavy atom. The Bertz CT molecular complexity index is 593. The molecule has 0 saturated carbocycles. The topological polar surface area (TPSA) is 67.7 Å². The first-order chi connectivity index (χ1) is 10.6. The standard InChI is InChI=1S/C14H24N4O3S/c1-13-15-5-8-16(13)12-14-4-2-7-18(14)22(19,20)17-6-3-10-21-11-9-17/h5,8,14H,2-4,6-7,9-12H2,1H3. The van der Waals surface area contributed by atoms with Crippen molar-refractivity contribution < 1.29 is 13.2 Å². The van der Waals surface area contributed by atoms with Gasteiger partial charge in [-0.15, -0.1) is 0 Å². The Morgan fingerprint density at radius 2 is 2.14 bits per heavy atom. The summed E-state index contributed by atoms with van der Waals surface area (Å²) in [6, 6.07) is 0.0158. The summed E-state index contributed by atoms with van der Waals surface area (Å²) in [5, 5.41) is 0. The summed E-state index contributed by atoms with van der Waals surface area (Å²) >= 11 is 0. The molecule has 0 radical (unpaired) electrons. The molecule has 2 aliphatic heterocycles. The van der Waals surface area contributed by atoms with Gasteiger partial charge in [-0.2, -0.15) is 17.0 Å². The second-order valence-electron chi connectivity index (χ2n) is 5.91. The van der Waals surface area contributed by atoms with E-state index in [0.717, 1.165) is 25.1 Å². The van der Waals surface area contributed by atoms with E-state index in [2.05, 4.69) is 4.98 Å². The molecule has 3 heterocycles. The molecule has 2 aliphatic rings. The fraction of sp³-hybridized carbons (Fsp3) is 0.786. The van der Waals surface area contributed by atoms with Gasteiger partial charge in [-0.25, -0.2) is 4.98 Å².